The zero-order valence-electron chi connectivity index (χ0n) is 13.5. The summed E-state index contributed by atoms with van der Waals surface area (Å²) < 4.78 is 23.8. The highest BCUT2D eigenvalue weighted by Crippen LogP contribution is 2.44. The third kappa shape index (κ3) is 2.84. The van der Waals surface area contributed by atoms with Crippen LogP contribution in [-0.2, 0) is 9.53 Å². The number of amides is 1. The highest BCUT2D eigenvalue weighted by Gasteiger charge is 2.52. The lowest BCUT2D eigenvalue weighted by Gasteiger charge is -2.36. The van der Waals surface area contributed by atoms with Gasteiger partial charge in [0.25, 0.3) is 5.91 Å². The molecule has 1 unspecified atom stereocenters. The first-order valence-electron chi connectivity index (χ1n) is 7.90. The standard InChI is InChI=1S/C17H20FNO5/c1-23-14-8-11(2-3-13(14)18)15(20)19-9-12(16(21)22)17(10-19)4-6-24-7-5-17/h2-3,8,12H,4-7,9-10H2,1H3,(H,21,22). The summed E-state index contributed by atoms with van der Waals surface area (Å²) in [7, 11) is 1.33. The average molecular weight is 337 g/mol. The highest BCUT2D eigenvalue weighted by atomic mass is 19.1. The summed E-state index contributed by atoms with van der Waals surface area (Å²) in [6.07, 6.45) is 1.25. The van der Waals surface area contributed by atoms with E-state index in [9.17, 15) is 19.1 Å². The number of likely N-dealkylation sites (tertiary alicyclic amines) is 1. The van der Waals surface area contributed by atoms with Crippen LogP contribution in [0.2, 0.25) is 0 Å². The zero-order valence-corrected chi connectivity index (χ0v) is 13.5. The van der Waals surface area contributed by atoms with Gasteiger partial charge in [0.15, 0.2) is 11.6 Å². The fraction of sp³-hybridized carbons (Fsp3) is 0.529. The molecule has 1 N–H and O–H groups in total. The number of hydrogen-bond acceptors (Lipinski definition) is 4. The molecule has 24 heavy (non-hydrogen) atoms. The monoisotopic (exact) mass is 337 g/mol. The molecule has 130 valence electrons. The fourth-order valence-corrected chi connectivity index (χ4v) is 3.72. The number of nitrogens with zero attached hydrogens (tertiary/aromatic N) is 1. The predicted molar refractivity (Wildman–Crippen MR) is 82.5 cm³/mol. The van der Waals surface area contributed by atoms with Gasteiger partial charge >= 0.3 is 5.97 Å². The average Bonchev–Trinajstić information content (AvgIpc) is 2.94. The molecule has 2 aliphatic rings. The summed E-state index contributed by atoms with van der Waals surface area (Å²) >= 11 is 0. The lowest BCUT2D eigenvalue weighted by molar-refractivity contribution is -0.146. The first kappa shape index (κ1) is 16.7. The van der Waals surface area contributed by atoms with E-state index in [2.05, 4.69) is 0 Å². The molecule has 1 aromatic carbocycles. The molecule has 2 fully saturated rings. The van der Waals surface area contributed by atoms with Crippen molar-refractivity contribution in [3.8, 4) is 5.75 Å². The lowest BCUT2D eigenvalue weighted by atomic mass is 9.72. The Hall–Kier alpha value is -2.15. The minimum atomic E-state index is -0.885. The molecule has 2 aliphatic heterocycles. The van der Waals surface area contributed by atoms with Crippen LogP contribution in [-0.4, -0.2) is 55.3 Å². The van der Waals surface area contributed by atoms with E-state index in [4.69, 9.17) is 9.47 Å². The summed E-state index contributed by atoms with van der Waals surface area (Å²) in [4.78, 5) is 26.0. The van der Waals surface area contributed by atoms with Gasteiger partial charge in [-0.05, 0) is 31.0 Å². The smallest absolute Gasteiger partial charge is 0.308 e. The highest BCUT2D eigenvalue weighted by molar-refractivity contribution is 5.95. The van der Waals surface area contributed by atoms with Gasteiger partial charge in [-0.1, -0.05) is 0 Å². The summed E-state index contributed by atoms with van der Waals surface area (Å²) in [6.45, 7) is 1.56. The summed E-state index contributed by atoms with van der Waals surface area (Å²) in [5.41, 5.74) is -0.148. The van der Waals surface area contributed by atoms with Crippen molar-refractivity contribution in [3.63, 3.8) is 0 Å². The number of carboxylic acids is 1. The van der Waals surface area contributed by atoms with Crippen LogP contribution < -0.4 is 4.74 Å². The molecule has 7 heteroatoms. The maximum absolute atomic E-state index is 13.5. The number of ether oxygens (including phenoxy) is 2. The fourth-order valence-electron chi connectivity index (χ4n) is 3.72. The molecule has 2 heterocycles. The van der Waals surface area contributed by atoms with Crippen molar-refractivity contribution in [2.75, 3.05) is 33.4 Å². The van der Waals surface area contributed by atoms with Crippen LogP contribution in [0.3, 0.4) is 0 Å². The van der Waals surface area contributed by atoms with Crippen LogP contribution in [0.5, 0.6) is 5.75 Å². The molecule has 6 nitrogen and oxygen atoms in total. The molecule has 2 saturated heterocycles. The molecular formula is C17H20FNO5. The Bertz CT molecular complexity index is 656. The Balaban J connectivity index is 1.85. The third-order valence-corrected chi connectivity index (χ3v) is 5.12. The van der Waals surface area contributed by atoms with Crippen molar-refractivity contribution in [3.05, 3.63) is 29.6 Å². The molecule has 3 rings (SSSR count). The molecule has 0 bridgehead atoms. The second-order valence-electron chi connectivity index (χ2n) is 6.40. The van der Waals surface area contributed by atoms with Crippen LogP contribution >= 0.6 is 0 Å². The minimum Gasteiger partial charge on any atom is -0.494 e. The summed E-state index contributed by atoms with van der Waals surface area (Å²) in [5.74, 6) is -2.34. The molecule has 0 aliphatic carbocycles. The number of carbonyl (C=O) groups excluding carboxylic acids is 1. The van der Waals surface area contributed by atoms with Crippen molar-refractivity contribution in [1.82, 2.24) is 4.90 Å². The van der Waals surface area contributed by atoms with Gasteiger partial charge in [-0.25, -0.2) is 4.39 Å². The number of halogens is 1. The number of benzene rings is 1. The Labute approximate surface area is 139 Å². The Kier molecular flexibility index (Phi) is 4.45. The van der Waals surface area contributed by atoms with Crippen LogP contribution in [0.25, 0.3) is 0 Å². The molecule has 0 saturated carbocycles. The van der Waals surface area contributed by atoms with E-state index >= 15 is 0 Å². The first-order chi connectivity index (χ1) is 11.5. The van der Waals surface area contributed by atoms with Gasteiger partial charge in [0.2, 0.25) is 0 Å². The Morgan fingerprint density at radius 1 is 1.38 bits per heavy atom. The van der Waals surface area contributed by atoms with Crippen molar-refractivity contribution >= 4 is 11.9 Å². The molecule has 0 aromatic heterocycles. The second kappa shape index (κ2) is 6.39. The zero-order chi connectivity index (χ0) is 17.3. The minimum absolute atomic E-state index is 0.00406. The SMILES string of the molecule is COc1cc(C(=O)N2CC(C(=O)O)C3(CCOCC3)C2)ccc1F. The number of carbonyl (C=O) groups is 2. The number of hydrogen-bond donors (Lipinski definition) is 1. The van der Waals surface area contributed by atoms with E-state index in [1.807, 2.05) is 0 Å². The normalized spacial score (nSPS) is 22.6. The topological polar surface area (TPSA) is 76.1 Å². The molecule has 0 radical (unpaired) electrons. The maximum atomic E-state index is 13.5. The van der Waals surface area contributed by atoms with Crippen molar-refractivity contribution in [2.24, 2.45) is 11.3 Å². The first-order valence-corrected chi connectivity index (χ1v) is 7.90. The quantitative estimate of drug-likeness (QED) is 0.910. The predicted octanol–water partition coefficient (Wildman–Crippen LogP) is 1.79. The van der Waals surface area contributed by atoms with Gasteiger partial charge in [0.1, 0.15) is 0 Å². The van der Waals surface area contributed by atoms with Gasteiger partial charge in [-0.15, -0.1) is 0 Å². The van der Waals surface area contributed by atoms with Gasteiger partial charge in [-0.3, -0.25) is 9.59 Å². The Morgan fingerprint density at radius 2 is 2.08 bits per heavy atom. The van der Waals surface area contributed by atoms with Gasteiger partial charge < -0.3 is 19.5 Å². The third-order valence-electron chi connectivity index (χ3n) is 5.12. The number of aliphatic carboxylic acids is 1. The number of carboxylic acid groups (broad SMARTS) is 1. The summed E-state index contributed by atoms with van der Waals surface area (Å²) in [6, 6.07) is 3.92. The van der Waals surface area contributed by atoms with E-state index in [0.717, 1.165) is 0 Å². The molecule has 1 aromatic rings. The second-order valence-corrected chi connectivity index (χ2v) is 6.40. The van der Waals surface area contributed by atoms with E-state index in [-0.39, 0.29) is 18.2 Å². The van der Waals surface area contributed by atoms with Crippen molar-refractivity contribution in [2.45, 2.75) is 12.8 Å². The summed E-state index contributed by atoms with van der Waals surface area (Å²) in [5, 5.41) is 9.57. The molecule has 1 amide bonds. The lowest BCUT2D eigenvalue weighted by Crippen LogP contribution is -2.40. The van der Waals surface area contributed by atoms with E-state index in [0.29, 0.717) is 38.2 Å². The number of rotatable bonds is 3. The van der Waals surface area contributed by atoms with Gasteiger partial charge in [-0.2, -0.15) is 0 Å². The maximum Gasteiger partial charge on any atom is 0.308 e. The largest absolute Gasteiger partial charge is 0.494 e. The van der Waals surface area contributed by atoms with Crippen LogP contribution in [0, 0.1) is 17.2 Å². The Morgan fingerprint density at radius 3 is 2.71 bits per heavy atom. The van der Waals surface area contributed by atoms with Crippen LogP contribution in [0.1, 0.15) is 23.2 Å². The molecule has 1 atom stereocenters. The van der Waals surface area contributed by atoms with Gasteiger partial charge in [0.05, 0.1) is 13.0 Å². The van der Waals surface area contributed by atoms with Gasteiger partial charge in [0, 0.05) is 37.3 Å². The van der Waals surface area contributed by atoms with Crippen LogP contribution in [0.4, 0.5) is 4.39 Å². The van der Waals surface area contributed by atoms with E-state index in [1.165, 1.54) is 25.3 Å². The van der Waals surface area contributed by atoms with E-state index < -0.39 is 23.1 Å². The number of methoxy groups -OCH3 is 1. The van der Waals surface area contributed by atoms with Crippen LogP contribution in [0.15, 0.2) is 18.2 Å². The van der Waals surface area contributed by atoms with E-state index in [1.54, 1.807) is 4.90 Å². The molecular weight excluding hydrogens is 317 g/mol. The van der Waals surface area contributed by atoms with Crippen molar-refractivity contribution in [1.29, 1.82) is 0 Å². The van der Waals surface area contributed by atoms with Crippen molar-refractivity contribution < 1.29 is 28.6 Å². The molecule has 1 spiro atoms.